The van der Waals surface area contributed by atoms with E-state index in [0.29, 0.717) is 6.54 Å². The van der Waals surface area contributed by atoms with Gasteiger partial charge < -0.3 is 9.84 Å². The fourth-order valence-electron chi connectivity index (χ4n) is 2.97. The Balaban J connectivity index is 1.77. The molecule has 2 aromatic carbocycles. The molecule has 0 fully saturated rings. The van der Waals surface area contributed by atoms with E-state index in [9.17, 15) is 9.32 Å². The Labute approximate surface area is 152 Å². The number of benzene rings is 2. The number of ether oxygens (including phenoxy) is 1. The van der Waals surface area contributed by atoms with Gasteiger partial charge in [-0.25, -0.2) is 4.21 Å². The van der Waals surface area contributed by atoms with Crippen LogP contribution < -0.4 is 9.04 Å². The minimum absolute atomic E-state index is 0.0111. The fraction of sp³-hybridized carbons (Fsp3) is 0.158. The van der Waals surface area contributed by atoms with Gasteiger partial charge in [-0.05, 0) is 41.5 Å². The number of anilines is 1. The highest BCUT2D eigenvalue weighted by Gasteiger charge is 2.28. The lowest BCUT2D eigenvalue weighted by Crippen LogP contribution is -2.28. The molecular formula is C19H17NO3S2. The van der Waals surface area contributed by atoms with Crippen molar-refractivity contribution in [3.63, 3.8) is 0 Å². The van der Waals surface area contributed by atoms with E-state index < -0.39 is 11.0 Å². The molecule has 0 amide bonds. The van der Waals surface area contributed by atoms with Crippen LogP contribution in [0.2, 0.25) is 0 Å². The molecule has 1 atom stereocenters. The summed E-state index contributed by atoms with van der Waals surface area (Å²) in [6.45, 7) is 0.562. The average molecular weight is 371 g/mol. The molecule has 4 nitrogen and oxygen atoms in total. The lowest BCUT2D eigenvalue weighted by atomic mass is 10.0. The number of nitrogens with zero attached hydrogens (tertiary/aromatic N) is 1. The Morgan fingerprint density at radius 3 is 2.68 bits per heavy atom. The fourth-order valence-corrected chi connectivity index (χ4v) is 5.31. The zero-order chi connectivity index (χ0) is 17.4. The molecule has 1 N–H and O–H groups in total. The Morgan fingerprint density at radius 2 is 1.96 bits per heavy atom. The molecule has 0 saturated carbocycles. The lowest BCUT2D eigenvalue weighted by Gasteiger charge is -2.29. The smallest absolute Gasteiger partial charge is 0.153 e. The van der Waals surface area contributed by atoms with Crippen LogP contribution in [0.5, 0.6) is 5.75 Å². The summed E-state index contributed by atoms with van der Waals surface area (Å²) in [5.74, 6) is 0.739. The lowest BCUT2D eigenvalue weighted by molar-refractivity contribution is 0.285. The van der Waals surface area contributed by atoms with Crippen molar-refractivity contribution in [3.05, 3.63) is 65.0 Å². The van der Waals surface area contributed by atoms with E-state index in [2.05, 4.69) is 12.1 Å². The second-order valence-corrected chi connectivity index (χ2v) is 8.25. The maximum absolute atomic E-state index is 13.2. The molecule has 0 aliphatic carbocycles. The summed E-state index contributed by atoms with van der Waals surface area (Å²) in [4.78, 5) is 2.66. The van der Waals surface area contributed by atoms with E-state index in [1.807, 2.05) is 46.8 Å². The number of hydrogen-bond acceptors (Lipinski definition) is 4. The summed E-state index contributed by atoms with van der Waals surface area (Å²) in [5.41, 5.74) is 3.22. The highest BCUT2D eigenvalue weighted by Crippen LogP contribution is 2.46. The van der Waals surface area contributed by atoms with Crippen LogP contribution in [0.1, 0.15) is 10.4 Å². The molecule has 0 bridgehead atoms. The van der Waals surface area contributed by atoms with Crippen LogP contribution in [0.15, 0.2) is 59.5 Å². The maximum atomic E-state index is 13.2. The minimum atomic E-state index is -1.33. The third-order valence-electron chi connectivity index (χ3n) is 4.23. The molecule has 128 valence electrons. The summed E-state index contributed by atoms with van der Waals surface area (Å²) in [5, 5.41) is 9.54. The van der Waals surface area contributed by atoms with Crippen LogP contribution in [-0.2, 0) is 24.1 Å². The van der Waals surface area contributed by atoms with Crippen LogP contribution in [0, 0.1) is 0 Å². The summed E-state index contributed by atoms with van der Waals surface area (Å²) in [6, 6.07) is 17.4. The maximum Gasteiger partial charge on any atom is 0.153 e. The molecule has 1 aliphatic rings. The Morgan fingerprint density at radius 1 is 1.20 bits per heavy atom. The highest BCUT2D eigenvalue weighted by molar-refractivity contribution is 7.86. The SMILES string of the molecule is COc1ccc(S(=O)N2Cc3ccccc3-c3sc(CO)cc32)cc1. The number of methoxy groups -OCH3 is 1. The van der Waals surface area contributed by atoms with Gasteiger partial charge in [-0.1, -0.05) is 24.3 Å². The van der Waals surface area contributed by atoms with Gasteiger partial charge in [0.2, 0.25) is 0 Å². The van der Waals surface area contributed by atoms with Crippen molar-refractivity contribution in [2.75, 3.05) is 11.4 Å². The predicted octanol–water partition coefficient (Wildman–Crippen LogP) is 3.96. The first-order valence-electron chi connectivity index (χ1n) is 7.86. The number of aliphatic hydroxyl groups is 1. The molecular weight excluding hydrogens is 354 g/mol. The number of aliphatic hydroxyl groups excluding tert-OH is 1. The van der Waals surface area contributed by atoms with Crippen LogP contribution in [0.25, 0.3) is 10.4 Å². The molecule has 6 heteroatoms. The van der Waals surface area contributed by atoms with Gasteiger partial charge in [0.1, 0.15) is 5.75 Å². The predicted molar refractivity (Wildman–Crippen MR) is 101 cm³/mol. The van der Waals surface area contributed by atoms with Gasteiger partial charge in [0.15, 0.2) is 11.0 Å². The molecule has 1 unspecified atom stereocenters. The zero-order valence-electron chi connectivity index (χ0n) is 13.6. The van der Waals surface area contributed by atoms with Gasteiger partial charge in [-0.3, -0.25) is 4.31 Å². The van der Waals surface area contributed by atoms with Gasteiger partial charge in [-0.15, -0.1) is 11.3 Å². The normalized spacial score (nSPS) is 13.9. The van der Waals surface area contributed by atoms with E-state index in [0.717, 1.165) is 37.2 Å². The second kappa shape index (κ2) is 6.63. The number of hydrogen-bond donors (Lipinski definition) is 1. The van der Waals surface area contributed by atoms with Crippen LogP contribution in [-0.4, -0.2) is 16.4 Å². The van der Waals surface area contributed by atoms with Crippen molar-refractivity contribution < 1.29 is 14.1 Å². The monoisotopic (exact) mass is 371 g/mol. The zero-order valence-corrected chi connectivity index (χ0v) is 15.3. The van der Waals surface area contributed by atoms with Crippen LogP contribution in [0.3, 0.4) is 0 Å². The van der Waals surface area contributed by atoms with E-state index in [-0.39, 0.29) is 6.61 Å². The largest absolute Gasteiger partial charge is 0.497 e. The molecule has 0 spiro atoms. The molecule has 25 heavy (non-hydrogen) atoms. The summed E-state index contributed by atoms with van der Waals surface area (Å²) >= 11 is 1.55. The van der Waals surface area contributed by atoms with E-state index in [4.69, 9.17) is 4.74 Å². The van der Waals surface area contributed by atoms with Crippen molar-refractivity contribution in [3.8, 4) is 16.2 Å². The number of thiophene rings is 1. The molecule has 0 saturated heterocycles. The van der Waals surface area contributed by atoms with Gasteiger partial charge in [0.25, 0.3) is 0 Å². The quantitative estimate of drug-likeness (QED) is 0.755. The van der Waals surface area contributed by atoms with E-state index in [1.54, 1.807) is 18.4 Å². The molecule has 1 aliphatic heterocycles. The molecule has 2 heterocycles. The molecule has 0 radical (unpaired) electrons. The first kappa shape index (κ1) is 16.3. The van der Waals surface area contributed by atoms with E-state index >= 15 is 0 Å². The van der Waals surface area contributed by atoms with Gasteiger partial charge >= 0.3 is 0 Å². The van der Waals surface area contributed by atoms with E-state index in [1.165, 1.54) is 0 Å². The molecule has 1 aromatic heterocycles. The average Bonchev–Trinajstić information content (AvgIpc) is 3.11. The first-order valence-corrected chi connectivity index (χ1v) is 9.79. The Bertz CT molecular complexity index is 934. The highest BCUT2D eigenvalue weighted by atomic mass is 32.2. The summed E-state index contributed by atoms with van der Waals surface area (Å²) in [6.07, 6.45) is 0. The van der Waals surface area contributed by atoms with Gasteiger partial charge in [0.05, 0.1) is 35.7 Å². The van der Waals surface area contributed by atoms with Crippen molar-refractivity contribution in [1.82, 2.24) is 0 Å². The summed E-state index contributed by atoms with van der Waals surface area (Å²) < 4.78 is 20.3. The second-order valence-electron chi connectivity index (χ2n) is 5.70. The molecule has 4 rings (SSSR count). The van der Waals surface area contributed by atoms with Crippen molar-refractivity contribution >= 4 is 28.0 Å². The van der Waals surface area contributed by atoms with Crippen LogP contribution >= 0.6 is 11.3 Å². The third-order valence-corrected chi connectivity index (χ3v) is 6.77. The van der Waals surface area contributed by atoms with Crippen molar-refractivity contribution in [2.24, 2.45) is 0 Å². The Kier molecular flexibility index (Phi) is 4.33. The number of rotatable bonds is 4. The van der Waals surface area contributed by atoms with Gasteiger partial charge in [0, 0.05) is 4.88 Å². The van der Waals surface area contributed by atoms with Crippen molar-refractivity contribution in [2.45, 2.75) is 18.0 Å². The first-order chi connectivity index (χ1) is 12.2. The third kappa shape index (κ3) is 2.86. The Hall–Kier alpha value is -2.15. The topological polar surface area (TPSA) is 49.8 Å². The van der Waals surface area contributed by atoms with Crippen molar-refractivity contribution in [1.29, 1.82) is 0 Å². The standard InChI is InChI=1S/C19H17NO3S2/c1-23-14-6-8-16(9-7-14)25(22)20-11-13-4-2-3-5-17(13)19-18(20)10-15(12-21)24-19/h2-10,21H,11-12H2,1H3. The van der Waals surface area contributed by atoms with Gasteiger partial charge in [-0.2, -0.15) is 0 Å². The number of fused-ring (bicyclic) bond motifs is 3. The molecule has 3 aromatic rings. The minimum Gasteiger partial charge on any atom is -0.497 e. The van der Waals surface area contributed by atoms with Crippen LogP contribution in [0.4, 0.5) is 5.69 Å². The summed E-state index contributed by atoms with van der Waals surface area (Å²) in [7, 11) is 0.278.